The van der Waals surface area contributed by atoms with Gasteiger partial charge in [-0.25, -0.2) is 4.99 Å². The van der Waals surface area contributed by atoms with Crippen LogP contribution in [0, 0.1) is 0 Å². The highest BCUT2D eigenvalue weighted by atomic mass is 16.7. The van der Waals surface area contributed by atoms with Crippen molar-refractivity contribution in [3.8, 4) is 17.2 Å². The van der Waals surface area contributed by atoms with Crippen molar-refractivity contribution in [3.63, 3.8) is 0 Å². The van der Waals surface area contributed by atoms with E-state index in [1.807, 2.05) is 30.3 Å². The molecule has 27 heavy (non-hydrogen) atoms. The molecule has 0 aliphatic carbocycles. The van der Waals surface area contributed by atoms with Gasteiger partial charge in [-0.1, -0.05) is 24.3 Å². The Morgan fingerprint density at radius 3 is 2.85 bits per heavy atom. The maximum atomic E-state index is 5.75. The van der Waals surface area contributed by atoms with Gasteiger partial charge in [0.15, 0.2) is 17.5 Å². The number of ether oxygens (including phenoxy) is 3. The average molecular weight is 367 g/mol. The van der Waals surface area contributed by atoms with Gasteiger partial charge in [0, 0.05) is 19.0 Å². The monoisotopic (exact) mass is 367 g/mol. The van der Waals surface area contributed by atoms with Gasteiger partial charge < -0.3 is 24.8 Å². The fourth-order valence-corrected chi connectivity index (χ4v) is 3.40. The van der Waals surface area contributed by atoms with Crippen LogP contribution in [0.3, 0.4) is 0 Å². The van der Waals surface area contributed by atoms with Gasteiger partial charge in [-0.05, 0) is 42.7 Å². The summed E-state index contributed by atoms with van der Waals surface area (Å²) in [5.74, 6) is 3.83. The first-order valence-electron chi connectivity index (χ1n) is 9.46. The molecule has 4 rings (SSSR count). The number of hydrogen-bond donors (Lipinski definition) is 2. The molecule has 142 valence electrons. The highest BCUT2D eigenvalue weighted by Gasteiger charge is 2.21. The van der Waals surface area contributed by atoms with Gasteiger partial charge in [0.1, 0.15) is 5.75 Å². The van der Waals surface area contributed by atoms with E-state index in [4.69, 9.17) is 19.2 Å². The minimum absolute atomic E-state index is 0.291. The molecule has 0 radical (unpaired) electrons. The van der Waals surface area contributed by atoms with Crippen molar-refractivity contribution in [2.45, 2.75) is 25.8 Å². The van der Waals surface area contributed by atoms with E-state index in [1.165, 1.54) is 5.56 Å². The summed E-state index contributed by atoms with van der Waals surface area (Å²) in [5, 5.41) is 6.80. The molecule has 6 heteroatoms. The molecule has 1 unspecified atom stereocenters. The predicted octanol–water partition coefficient (Wildman–Crippen LogP) is 3.04. The van der Waals surface area contributed by atoms with Gasteiger partial charge in [0.25, 0.3) is 0 Å². The number of hydrogen-bond acceptors (Lipinski definition) is 4. The number of rotatable bonds is 5. The van der Waals surface area contributed by atoms with Crippen molar-refractivity contribution in [1.82, 2.24) is 10.6 Å². The molecule has 0 amide bonds. The molecule has 2 heterocycles. The smallest absolute Gasteiger partial charge is 0.231 e. The number of guanidine groups is 1. The molecule has 0 saturated heterocycles. The SMILES string of the molecule is CCNC(=NCc1ccc2c(c1)OCO2)NCC1CCOc2ccccc21. The van der Waals surface area contributed by atoms with Gasteiger partial charge in [-0.15, -0.1) is 0 Å². The molecule has 2 aliphatic rings. The second kappa shape index (κ2) is 8.20. The van der Waals surface area contributed by atoms with Crippen LogP contribution in [-0.4, -0.2) is 32.4 Å². The van der Waals surface area contributed by atoms with E-state index in [0.717, 1.165) is 54.9 Å². The van der Waals surface area contributed by atoms with Crippen LogP contribution in [0.1, 0.15) is 30.4 Å². The summed E-state index contributed by atoms with van der Waals surface area (Å²) in [6.45, 7) is 5.34. The summed E-state index contributed by atoms with van der Waals surface area (Å²) in [7, 11) is 0. The molecule has 2 aliphatic heterocycles. The molecule has 2 aromatic rings. The Morgan fingerprint density at radius 1 is 1.04 bits per heavy atom. The van der Waals surface area contributed by atoms with Crippen LogP contribution < -0.4 is 24.8 Å². The van der Waals surface area contributed by atoms with E-state index < -0.39 is 0 Å². The van der Waals surface area contributed by atoms with Crippen LogP contribution in [0.15, 0.2) is 47.5 Å². The lowest BCUT2D eigenvalue weighted by atomic mass is 9.93. The van der Waals surface area contributed by atoms with Crippen LogP contribution in [0.2, 0.25) is 0 Å². The van der Waals surface area contributed by atoms with E-state index in [2.05, 4.69) is 29.7 Å². The molecular weight excluding hydrogens is 342 g/mol. The lowest BCUT2D eigenvalue weighted by Gasteiger charge is -2.26. The topological polar surface area (TPSA) is 64.1 Å². The number of benzene rings is 2. The maximum absolute atomic E-state index is 5.75. The molecule has 0 fully saturated rings. The normalized spacial score (nSPS) is 17.8. The lowest BCUT2D eigenvalue weighted by Crippen LogP contribution is -2.40. The van der Waals surface area contributed by atoms with Gasteiger partial charge in [-0.2, -0.15) is 0 Å². The van der Waals surface area contributed by atoms with Gasteiger partial charge in [0.2, 0.25) is 6.79 Å². The Hall–Kier alpha value is -2.89. The molecular formula is C21H25N3O3. The molecule has 2 N–H and O–H groups in total. The molecule has 0 spiro atoms. The molecule has 6 nitrogen and oxygen atoms in total. The molecule has 0 saturated carbocycles. The zero-order valence-corrected chi connectivity index (χ0v) is 15.5. The first kappa shape index (κ1) is 17.5. The number of fused-ring (bicyclic) bond motifs is 2. The highest BCUT2D eigenvalue weighted by molar-refractivity contribution is 5.79. The van der Waals surface area contributed by atoms with Gasteiger partial charge in [-0.3, -0.25) is 0 Å². The van der Waals surface area contributed by atoms with Crippen molar-refractivity contribution in [3.05, 3.63) is 53.6 Å². The maximum Gasteiger partial charge on any atom is 0.231 e. The Kier molecular flexibility index (Phi) is 5.32. The van der Waals surface area contributed by atoms with Crippen LogP contribution in [0.25, 0.3) is 0 Å². The van der Waals surface area contributed by atoms with Crippen molar-refractivity contribution < 1.29 is 14.2 Å². The first-order chi connectivity index (χ1) is 13.3. The van der Waals surface area contributed by atoms with Crippen LogP contribution in [0.5, 0.6) is 17.2 Å². The standard InChI is InChI=1S/C21H25N3O3/c1-2-22-21(23-12-15-7-8-19-20(11-15)27-14-26-19)24-13-16-9-10-25-18-6-4-3-5-17(16)18/h3-8,11,16H,2,9-10,12-14H2,1H3,(H2,22,23,24). The van der Waals surface area contributed by atoms with Gasteiger partial charge in [0.05, 0.1) is 13.2 Å². The fraction of sp³-hybridized carbons (Fsp3) is 0.381. The molecule has 0 aromatic heterocycles. The third-order valence-corrected chi connectivity index (χ3v) is 4.80. The Morgan fingerprint density at radius 2 is 1.93 bits per heavy atom. The Labute approximate surface area is 159 Å². The van der Waals surface area contributed by atoms with E-state index >= 15 is 0 Å². The third kappa shape index (κ3) is 4.10. The van der Waals surface area contributed by atoms with Crippen LogP contribution in [-0.2, 0) is 6.54 Å². The first-order valence-corrected chi connectivity index (χ1v) is 9.46. The Bertz CT molecular complexity index is 822. The summed E-state index contributed by atoms with van der Waals surface area (Å²) in [6, 6.07) is 14.2. The van der Waals surface area contributed by atoms with Crippen LogP contribution in [0.4, 0.5) is 0 Å². The Balaban J connectivity index is 1.40. The zero-order chi connectivity index (χ0) is 18.5. The van der Waals surface area contributed by atoms with Crippen molar-refractivity contribution in [1.29, 1.82) is 0 Å². The van der Waals surface area contributed by atoms with E-state index in [0.29, 0.717) is 19.3 Å². The van der Waals surface area contributed by atoms with Crippen molar-refractivity contribution >= 4 is 5.96 Å². The summed E-state index contributed by atoms with van der Waals surface area (Å²) in [4.78, 5) is 4.72. The van der Waals surface area contributed by atoms with E-state index in [9.17, 15) is 0 Å². The molecule has 2 aromatic carbocycles. The van der Waals surface area contributed by atoms with Crippen LogP contribution >= 0.6 is 0 Å². The third-order valence-electron chi connectivity index (χ3n) is 4.80. The summed E-state index contributed by atoms with van der Waals surface area (Å²) in [6.07, 6.45) is 1.01. The highest BCUT2D eigenvalue weighted by Crippen LogP contribution is 2.33. The van der Waals surface area contributed by atoms with Crippen molar-refractivity contribution in [2.24, 2.45) is 4.99 Å². The number of nitrogens with one attached hydrogen (secondary N) is 2. The zero-order valence-electron chi connectivity index (χ0n) is 15.5. The van der Waals surface area contributed by atoms with E-state index in [-0.39, 0.29) is 0 Å². The van der Waals surface area contributed by atoms with E-state index in [1.54, 1.807) is 0 Å². The molecule has 0 bridgehead atoms. The quantitative estimate of drug-likeness (QED) is 0.628. The number of nitrogens with zero attached hydrogens (tertiary/aromatic N) is 1. The minimum Gasteiger partial charge on any atom is -0.493 e. The lowest BCUT2D eigenvalue weighted by molar-refractivity contribution is 0.174. The second-order valence-electron chi connectivity index (χ2n) is 6.64. The van der Waals surface area contributed by atoms with Gasteiger partial charge >= 0.3 is 0 Å². The molecule has 1 atom stereocenters. The average Bonchev–Trinajstić information content (AvgIpc) is 3.18. The largest absolute Gasteiger partial charge is 0.493 e. The second-order valence-corrected chi connectivity index (χ2v) is 6.64. The predicted molar refractivity (Wildman–Crippen MR) is 105 cm³/mol. The summed E-state index contributed by atoms with van der Waals surface area (Å²) >= 11 is 0. The summed E-state index contributed by atoms with van der Waals surface area (Å²) < 4.78 is 16.6. The number of aliphatic imine (C=N–C) groups is 1. The summed E-state index contributed by atoms with van der Waals surface area (Å²) in [5.41, 5.74) is 2.36. The van der Waals surface area contributed by atoms with Crippen molar-refractivity contribution in [2.75, 3.05) is 26.5 Å². The number of para-hydroxylation sites is 1. The minimum atomic E-state index is 0.291. The fourth-order valence-electron chi connectivity index (χ4n) is 3.40.